The first kappa shape index (κ1) is 16.9. The molecule has 0 aliphatic heterocycles. The standard InChI is InChI=1S/C16H27N3S/c1-12-8-7-9-14(13(12)2)18-15(20)17-10-16(3,4)11-19(5)6/h7-9H,10-11H2,1-6H3,(H2,17,18,20)/p+1. The number of aryl methyl sites for hydroxylation is 1. The van der Waals surface area contributed by atoms with Gasteiger partial charge in [-0.15, -0.1) is 0 Å². The molecule has 1 aromatic carbocycles. The first-order valence-corrected chi connectivity index (χ1v) is 7.52. The Bertz CT molecular complexity index is 467. The van der Waals surface area contributed by atoms with Crippen molar-refractivity contribution in [3.63, 3.8) is 0 Å². The molecular weight excluding hydrogens is 266 g/mol. The molecule has 0 aromatic heterocycles. The number of nitrogens with one attached hydrogen (secondary N) is 3. The number of thiocarbonyl (C=S) groups is 1. The average molecular weight is 294 g/mol. The van der Waals surface area contributed by atoms with Crippen LogP contribution in [0.15, 0.2) is 18.2 Å². The number of quaternary nitrogens is 1. The second kappa shape index (κ2) is 7.04. The Balaban J connectivity index is 2.54. The van der Waals surface area contributed by atoms with Crippen LogP contribution < -0.4 is 15.5 Å². The third-order valence-corrected chi connectivity index (χ3v) is 3.66. The van der Waals surface area contributed by atoms with Crippen LogP contribution in [0.25, 0.3) is 0 Å². The predicted octanol–water partition coefficient (Wildman–Crippen LogP) is 1.76. The SMILES string of the molecule is Cc1cccc(NC(=S)NCC(C)(C)C[NH+](C)C)c1C. The fraction of sp³-hybridized carbons (Fsp3) is 0.562. The molecule has 3 N–H and O–H groups in total. The Morgan fingerprint density at radius 2 is 1.90 bits per heavy atom. The van der Waals surface area contributed by atoms with E-state index in [1.165, 1.54) is 16.0 Å². The molecule has 3 nitrogen and oxygen atoms in total. The van der Waals surface area contributed by atoms with Gasteiger partial charge in [-0.3, -0.25) is 0 Å². The van der Waals surface area contributed by atoms with Crippen molar-refractivity contribution in [3.8, 4) is 0 Å². The third kappa shape index (κ3) is 5.47. The Morgan fingerprint density at radius 3 is 2.50 bits per heavy atom. The van der Waals surface area contributed by atoms with Gasteiger partial charge >= 0.3 is 0 Å². The van der Waals surface area contributed by atoms with Crippen LogP contribution in [-0.2, 0) is 0 Å². The zero-order valence-corrected chi connectivity index (χ0v) is 14.4. The van der Waals surface area contributed by atoms with Crippen LogP contribution in [0.5, 0.6) is 0 Å². The maximum absolute atomic E-state index is 5.39. The summed E-state index contributed by atoms with van der Waals surface area (Å²) in [6, 6.07) is 6.22. The smallest absolute Gasteiger partial charge is 0.170 e. The summed E-state index contributed by atoms with van der Waals surface area (Å²) in [6.45, 7) is 10.7. The van der Waals surface area contributed by atoms with Crippen molar-refractivity contribution in [2.45, 2.75) is 27.7 Å². The molecule has 0 heterocycles. The lowest BCUT2D eigenvalue weighted by Gasteiger charge is -2.27. The van der Waals surface area contributed by atoms with E-state index in [1.54, 1.807) is 0 Å². The Kier molecular flexibility index (Phi) is 5.96. The maximum Gasteiger partial charge on any atom is 0.170 e. The van der Waals surface area contributed by atoms with Crippen molar-refractivity contribution in [1.29, 1.82) is 0 Å². The molecule has 0 aliphatic carbocycles. The van der Waals surface area contributed by atoms with Crippen molar-refractivity contribution in [1.82, 2.24) is 5.32 Å². The summed E-state index contributed by atoms with van der Waals surface area (Å²) in [6.07, 6.45) is 0. The number of hydrogen-bond acceptors (Lipinski definition) is 1. The molecule has 0 atom stereocenters. The minimum absolute atomic E-state index is 0.215. The molecule has 0 radical (unpaired) electrons. The van der Waals surface area contributed by atoms with Crippen LogP contribution in [0.2, 0.25) is 0 Å². The summed E-state index contributed by atoms with van der Waals surface area (Å²) in [5.74, 6) is 0. The topological polar surface area (TPSA) is 28.5 Å². The van der Waals surface area contributed by atoms with Crippen LogP contribution in [0.1, 0.15) is 25.0 Å². The number of rotatable bonds is 5. The molecule has 0 fully saturated rings. The Hall–Kier alpha value is -1.13. The minimum Gasteiger partial charge on any atom is -0.362 e. The number of hydrogen-bond donors (Lipinski definition) is 3. The molecule has 20 heavy (non-hydrogen) atoms. The highest BCUT2D eigenvalue weighted by Crippen LogP contribution is 2.18. The van der Waals surface area contributed by atoms with E-state index in [2.05, 4.69) is 64.6 Å². The molecule has 0 amide bonds. The molecule has 112 valence electrons. The molecule has 0 saturated heterocycles. The fourth-order valence-corrected chi connectivity index (χ4v) is 2.57. The van der Waals surface area contributed by atoms with Gasteiger partial charge in [-0.05, 0) is 43.3 Å². The molecule has 0 unspecified atom stereocenters. The van der Waals surface area contributed by atoms with Gasteiger partial charge in [-0.25, -0.2) is 0 Å². The molecule has 1 aromatic rings. The van der Waals surface area contributed by atoms with E-state index >= 15 is 0 Å². The first-order chi connectivity index (χ1) is 9.21. The van der Waals surface area contributed by atoms with Crippen LogP contribution in [0, 0.1) is 19.3 Å². The fourth-order valence-electron chi connectivity index (χ4n) is 2.39. The van der Waals surface area contributed by atoms with Crippen LogP contribution >= 0.6 is 12.2 Å². The van der Waals surface area contributed by atoms with Gasteiger partial charge in [0.2, 0.25) is 0 Å². The zero-order valence-electron chi connectivity index (χ0n) is 13.6. The summed E-state index contributed by atoms with van der Waals surface area (Å²) in [5.41, 5.74) is 3.81. The van der Waals surface area contributed by atoms with E-state index in [-0.39, 0.29) is 5.41 Å². The van der Waals surface area contributed by atoms with E-state index < -0.39 is 0 Å². The molecule has 0 aliphatic rings. The monoisotopic (exact) mass is 294 g/mol. The van der Waals surface area contributed by atoms with Gasteiger partial charge in [-0.1, -0.05) is 26.0 Å². The van der Waals surface area contributed by atoms with Crippen molar-refractivity contribution in [2.75, 3.05) is 32.5 Å². The maximum atomic E-state index is 5.39. The minimum atomic E-state index is 0.215. The lowest BCUT2D eigenvalue weighted by molar-refractivity contribution is -0.865. The Labute approximate surface area is 128 Å². The lowest BCUT2D eigenvalue weighted by atomic mass is 9.93. The van der Waals surface area contributed by atoms with Crippen molar-refractivity contribution in [2.24, 2.45) is 5.41 Å². The highest BCUT2D eigenvalue weighted by atomic mass is 32.1. The van der Waals surface area contributed by atoms with Gasteiger partial charge in [0, 0.05) is 17.6 Å². The van der Waals surface area contributed by atoms with Gasteiger partial charge in [0.1, 0.15) is 0 Å². The largest absolute Gasteiger partial charge is 0.362 e. The molecule has 0 saturated carbocycles. The number of anilines is 1. The van der Waals surface area contributed by atoms with Crippen molar-refractivity contribution in [3.05, 3.63) is 29.3 Å². The third-order valence-electron chi connectivity index (χ3n) is 3.41. The van der Waals surface area contributed by atoms with Crippen molar-refractivity contribution < 1.29 is 4.90 Å². The lowest BCUT2D eigenvalue weighted by Crippen LogP contribution is -3.07. The second-order valence-corrected chi connectivity index (χ2v) is 7.01. The summed E-state index contributed by atoms with van der Waals surface area (Å²) < 4.78 is 0. The highest BCUT2D eigenvalue weighted by molar-refractivity contribution is 7.80. The molecule has 0 bridgehead atoms. The van der Waals surface area contributed by atoms with Gasteiger partial charge in [-0.2, -0.15) is 0 Å². The van der Waals surface area contributed by atoms with E-state index in [0.29, 0.717) is 5.11 Å². The van der Waals surface area contributed by atoms with E-state index in [4.69, 9.17) is 12.2 Å². The van der Waals surface area contributed by atoms with E-state index in [1.807, 2.05) is 6.07 Å². The predicted molar refractivity (Wildman–Crippen MR) is 91.6 cm³/mol. The van der Waals surface area contributed by atoms with Crippen LogP contribution in [-0.4, -0.2) is 32.3 Å². The highest BCUT2D eigenvalue weighted by Gasteiger charge is 2.21. The summed E-state index contributed by atoms with van der Waals surface area (Å²) in [5, 5.41) is 7.32. The van der Waals surface area contributed by atoms with Crippen molar-refractivity contribution >= 4 is 23.0 Å². The normalized spacial score (nSPS) is 11.6. The summed E-state index contributed by atoms with van der Waals surface area (Å²) in [4.78, 5) is 1.45. The van der Waals surface area contributed by atoms with Crippen LogP contribution in [0.3, 0.4) is 0 Å². The van der Waals surface area contributed by atoms with E-state index in [9.17, 15) is 0 Å². The van der Waals surface area contributed by atoms with Gasteiger partial charge in [0.15, 0.2) is 5.11 Å². The Morgan fingerprint density at radius 1 is 1.25 bits per heavy atom. The molecule has 1 rings (SSSR count). The van der Waals surface area contributed by atoms with E-state index in [0.717, 1.165) is 18.8 Å². The molecule has 4 heteroatoms. The zero-order chi connectivity index (χ0) is 15.3. The average Bonchev–Trinajstić information content (AvgIpc) is 2.31. The molecule has 0 spiro atoms. The van der Waals surface area contributed by atoms with Gasteiger partial charge < -0.3 is 15.5 Å². The summed E-state index contributed by atoms with van der Waals surface area (Å²) >= 11 is 5.39. The van der Waals surface area contributed by atoms with Gasteiger partial charge in [0.05, 0.1) is 20.6 Å². The van der Waals surface area contributed by atoms with Gasteiger partial charge in [0.25, 0.3) is 0 Å². The quantitative estimate of drug-likeness (QED) is 0.723. The molecular formula is C16H28N3S+. The first-order valence-electron chi connectivity index (χ1n) is 7.11. The number of benzene rings is 1. The summed E-state index contributed by atoms with van der Waals surface area (Å²) in [7, 11) is 4.35. The second-order valence-electron chi connectivity index (χ2n) is 6.60. The van der Waals surface area contributed by atoms with Crippen LogP contribution in [0.4, 0.5) is 5.69 Å².